The number of nitrogen functional groups attached to an aromatic ring is 1. The van der Waals surface area contributed by atoms with Crippen LogP contribution < -0.4 is 5.73 Å². The van der Waals surface area contributed by atoms with Crippen molar-refractivity contribution in [3.63, 3.8) is 0 Å². The Morgan fingerprint density at radius 2 is 2.14 bits per heavy atom. The third-order valence-electron chi connectivity index (χ3n) is 3.24. The van der Waals surface area contributed by atoms with Crippen LogP contribution >= 0.6 is 0 Å². The summed E-state index contributed by atoms with van der Waals surface area (Å²) in [7, 11) is 0. The van der Waals surface area contributed by atoms with E-state index in [1.54, 1.807) is 0 Å². The number of hydrogen-bond acceptors (Lipinski definition) is 2. The highest BCUT2D eigenvalue weighted by Crippen LogP contribution is 2.38. The molecule has 0 amide bonds. The molecule has 1 heterocycles. The molecule has 0 spiro atoms. The standard InChI is InChI=1S/C11H19N3/c1-3-9-13-10(8-6-5-7-8)11(12)14(9)4-2/h8H,3-7,12H2,1-2H3. The zero-order valence-electron chi connectivity index (χ0n) is 9.08. The number of nitrogens with zero attached hydrogens (tertiary/aromatic N) is 2. The molecule has 1 aliphatic rings. The van der Waals surface area contributed by atoms with Crippen molar-refractivity contribution in [1.82, 2.24) is 9.55 Å². The van der Waals surface area contributed by atoms with Gasteiger partial charge in [-0.05, 0) is 19.8 Å². The Bertz CT molecular complexity index is 324. The average molecular weight is 193 g/mol. The fraction of sp³-hybridized carbons (Fsp3) is 0.727. The minimum atomic E-state index is 0.646. The predicted octanol–water partition coefficient (Wildman–Crippen LogP) is 2.32. The van der Waals surface area contributed by atoms with Gasteiger partial charge in [0.25, 0.3) is 0 Å². The van der Waals surface area contributed by atoms with Crippen molar-refractivity contribution in [2.24, 2.45) is 0 Å². The van der Waals surface area contributed by atoms with Crippen LogP contribution in [0.25, 0.3) is 0 Å². The van der Waals surface area contributed by atoms with Crippen LogP contribution in [0.15, 0.2) is 0 Å². The first kappa shape index (κ1) is 9.56. The first-order valence-electron chi connectivity index (χ1n) is 5.62. The van der Waals surface area contributed by atoms with Crippen LogP contribution in [0.4, 0.5) is 5.82 Å². The third-order valence-corrected chi connectivity index (χ3v) is 3.24. The molecule has 14 heavy (non-hydrogen) atoms. The molecular weight excluding hydrogens is 174 g/mol. The highest BCUT2D eigenvalue weighted by atomic mass is 15.1. The van der Waals surface area contributed by atoms with Gasteiger partial charge in [-0.1, -0.05) is 13.3 Å². The lowest BCUT2D eigenvalue weighted by Crippen LogP contribution is -2.12. The SMILES string of the molecule is CCc1nc(C2CCC2)c(N)n1CC. The Kier molecular flexibility index (Phi) is 2.48. The number of anilines is 1. The number of nitrogens with two attached hydrogens (primary N) is 1. The Morgan fingerprint density at radius 3 is 2.50 bits per heavy atom. The van der Waals surface area contributed by atoms with E-state index in [1.165, 1.54) is 19.3 Å². The van der Waals surface area contributed by atoms with Crippen LogP contribution in [0.1, 0.15) is 50.5 Å². The van der Waals surface area contributed by atoms with Crippen molar-refractivity contribution < 1.29 is 0 Å². The summed E-state index contributed by atoms with van der Waals surface area (Å²) in [5, 5.41) is 0. The smallest absolute Gasteiger partial charge is 0.127 e. The highest BCUT2D eigenvalue weighted by molar-refractivity contribution is 5.41. The van der Waals surface area contributed by atoms with Crippen LogP contribution in [0.2, 0.25) is 0 Å². The van der Waals surface area contributed by atoms with E-state index in [4.69, 9.17) is 5.73 Å². The first-order chi connectivity index (χ1) is 6.77. The fourth-order valence-corrected chi connectivity index (χ4v) is 2.14. The summed E-state index contributed by atoms with van der Waals surface area (Å²) in [5.41, 5.74) is 7.26. The van der Waals surface area contributed by atoms with Gasteiger partial charge in [0, 0.05) is 18.9 Å². The summed E-state index contributed by atoms with van der Waals surface area (Å²) >= 11 is 0. The maximum Gasteiger partial charge on any atom is 0.127 e. The minimum absolute atomic E-state index is 0.646. The molecular formula is C11H19N3. The predicted molar refractivity (Wildman–Crippen MR) is 58.3 cm³/mol. The molecule has 3 nitrogen and oxygen atoms in total. The van der Waals surface area contributed by atoms with E-state index in [9.17, 15) is 0 Å². The fourth-order valence-electron chi connectivity index (χ4n) is 2.14. The third kappa shape index (κ3) is 1.31. The zero-order valence-corrected chi connectivity index (χ0v) is 9.08. The maximum absolute atomic E-state index is 6.10. The molecule has 3 heteroatoms. The number of aromatic nitrogens is 2. The molecule has 1 aromatic heterocycles. The molecule has 78 valence electrons. The lowest BCUT2D eigenvalue weighted by Gasteiger charge is -2.23. The number of imidazole rings is 1. The Labute approximate surface area is 85.3 Å². The van der Waals surface area contributed by atoms with Crippen molar-refractivity contribution >= 4 is 5.82 Å². The van der Waals surface area contributed by atoms with Crippen LogP contribution in [0, 0.1) is 0 Å². The van der Waals surface area contributed by atoms with Crippen molar-refractivity contribution in [1.29, 1.82) is 0 Å². The van der Waals surface area contributed by atoms with E-state index in [2.05, 4.69) is 23.4 Å². The Morgan fingerprint density at radius 1 is 1.43 bits per heavy atom. The lowest BCUT2D eigenvalue weighted by molar-refractivity contribution is 0.413. The van der Waals surface area contributed by atoms with Crippen LogP contribution in [-0.4, -0.2) is 9.55 Å². The van der Waals surface area contributed by atoms with Gasteiger partial charge in [-0.15, -0.1) is 0 Å². The van der Waals surface area contributed by atoms with Crippen LogP contribution in [0.5, 0.6) is 0 Å². The topological polar surface area (TPSA) is 43.8 Å². The highest BCUT2D eigenvalue weighted by Gasteiger charge is 2.26. The van der Waals surface area contributed by atoms with E-state index in [0.29, 0.717) is 5.92 Å². The summed E-state index contributed by atoms with van der Waals surface area (Å²) in [6.45, 7) is 5.20. The van der Waals surface area contributed by atoms with Gasteiger partial charge in [-0.2, -0.15) is 0 Å². The summed E-state index contributed by atoms with van der Waals surface area (Å²) < 4.78 is 2.15. The van der Waals surface area contributed by atoms with E-state index < -0.39 is 0 Å². The maximum atomic E-state index is 6.10. The number of aryl methyl sites for hydroxylation is 1. The van der Waals surface area contributed by atoms with Crippen molar-refractivity contribution in [3.05, 3.63) is 11.5 Å². The van der Waals surface area contributed by atoms with Gasteiger partial charge in [-0.3, -0.25) is 0 Å². The molecule has 1 saturated carbocycles. The summed E-state index contributed by atoms with van der Waals surface area (Å²) in [4.78, 5) is 4.66. The molecule has 0 unspecified atom stereocenters. The molecule has 1 aliphatic carbocycles. The summed E-state index contributed by atoms with van der Waals surface area (Å²) in [6.07, 6.45) is 4.86. The molecule has 2 rings (SSSR count). The number of rotatable bonds is 3. The molecule has 0 saturated heterocycles. The van der Waals surface area contributed by atoms with Gasteiger partial charge in [0.05, 0.1) is 5.69 Å². The Hall–Kier alpha value is -0.990. The van der Waals surface area contributed by atoms with Gasteiger partial charge in [-0.25, -0.2) is 4.98 Å². The summed E-state index contributed by atoms with van der Waals surface area (Å²) in [5.74, 6) is 2.70. The second-order valence-corrected chi connectivity index (χ2v) is 4.02. The normalized spacial score (nSPS) is 17.0. The first-order valence-corrected chi connectivity index (χ1v) is 5.62. The molecule has 1 aromatic rings. The van der Waals surface area contributed by atoms with Gasteiger partial charge >= 0.3 is 0 Å². The van der Waals surface area contributed by atoms with E-state index >= 15 is 0 Å². The van der Waals surface area contributed by atoms with Gasteiger partial charge in [0.1, 0.15) is 11.6 Å². The Balaban J connectivity index is 2.35. The molecule has 1 fully saturated rings. The lowest BCUT2D eigenvalue weighted by atomic mass is 9.83. The second-order valence-electron chi connectivity index (χ2n) is 4.02. The van der Waals surface area contributed by atoms with E-state index in [-0.39, 0.29) is 0 Å². The second kappa shape index (κ2) is 3.64. The van der Waals surface area contributed by atoms with Crippen LogP contribution in [-0.2, 0) is 13.0 Å². The van der Waals surface area contributed by atoms with Crippen molar-refractivity contribution in [2.45, 2.75) is 52.0 Å². The zero-order chi connectivity index (χ0) is 10.1. The summed E-state index contributed by atoms with van der Waals surface area (Å²) in [6, 6.07) is 0. The number of hydrogen-bond donors (Lipinski definition) is 1. The average Bonchev–Trinajstić information content (AvgIpc) is 2.41. The van der Waals surface area contributed by atoms with Gasteiger partial charge in [0.2, 0.25) is 0 Å². The van der Waals surface area contributed by atoms with Crippen molar-refractivity contribution in [3.8, 4) is 0 Å². The largest absolute Gasteiger partial charge is 0.384 e. The minimum Gasteiger partial charge on any atom is -0.384 e. The molecule has 0 aromatic carbocycles. The van der Waals surface area contributed by atoms with Crippen LogP contribution in [0.3, 0.4) is 0 Å². The van der Waals surface area contributed by atoms with E-state index in [1.807, 2.05) is 0 Å². The molecule has 0 aliphatic heterocycles. The van der Waals surface area contributed by atoms with Gasteiger partial charge in [0.15, 0.2) is 0 Å². The van der Waals surface area contributed by atoms with Crippen molar-refractivity contribution in [2.75, 3.05) is 5.73 Å². The molecule has 0 bridgehead atoms. The molecule has 0 atom stereocenters. The molecule has 0 radical (unpaired) electrons. The monoisotopic (exact) mass is 193 g/mol. The van der Waals surface area contributed by atoms with Gasteiger partial charge < -0.3 is 10.3 Å². The molecule has 2 N–H and O–H groups in total. The van der Waals surface area contributed by atoms with E-state index in [0.717, 1.165) is 30.3 Å². The quantitative estimate of drug-likeness (QED) is 0.800.